The maximum atomic E-state index is 11.7. The average Bonchev–Trinajstić information content (AvgIpc) is 2.44. The van der Waals surface area contributed by atoms with Crippen LogP contribution in [0, 0.1) is 0 Å². The quantitative estimate of drug-likeness (QED) is 0.598. The summed E-state index contributed by atoms with van der Waals surface area (Å²) in [5.41, 5.74) is 5.41. The normalized spacial score (nSPS) is 19.8. The highest BCUT2D eigenvalue weighted by molar-refractivity contribution is 7.99. The van der Waals surface area contributed by atoms with Crippen LogP contribution in [-0.4, -0.2) is 28.4 Å². The molecule has 0 heterocycles. The van der Waals surface area contributed by atoms with Gasteiger partial charge in [0, 0.05) is 0 Å². The molecule has 0 aliphatic heterocycles. The fourth-order valence-corrected chi connectivity index (χ4v) is 2.79. The Kier molecular flexibility index (Phi) is 5.55. The van der Waals surface area contributed by atoms with Crippen LogP contribution in [0.5, 0.6) is 0 Å². The maximum Gasteiger partial charge on any atom is 0.230 e. The van der Waals surface area contributed by atoms with E-state index in [-0.39, 0.29) is 5.91 Å². The lowest BCUT2D eigenvalue weighted by molar-refractivity contribution is -0.119. The Morgan fingerprint density at radius 2 is 1.94 bits per heavy atom. The highest BCUT2D eigenvalue weighted by Crippen LogP contribution is 2.27. The molecular weight excluding hydrogens is 240 g/mol. The van der Waals surface area contributed by atoms with Gasteiger partial charge in [-0.3, -0.25) is 4.79 Å². The van der Waals surface area contributed by atoms with E-state index >= 15 is 0 Å². The second-order valence-corrected chi connectivity index (χ2v) is 5.65. The van der Waals surface area contributed by atoms with Gasteiger partial charge < -0.3 is 11.1 Å². The Bertz CT molecular complexity index is 261. The number of nitrogens with one attached hydrogen (secondary N) is 1. The summed E-state index contributed by atoms with van der Waals surface area (Å²) in [6.45, 7) is 0. The molecule has 0 radical (unpaired) electrons. The van der Waals surface area contributed by atoms with Gasteiger partial charge in [-0.25, -0.2) is 0 Å². The first-order valence-corrected chi connectivity index (χ1v) is 7.51. The van der Waals surface area contributed by atoms with Crippen molar-refractivity contribution < 1.29 is 4.79 Å². The van der Waals surface area contributed by atoms with Gasteiger partial charge in [-0.1, -0.05) is 37.9 Å². The van der Waals surface area contributed by atoms with Crippen molar-refractivity contribution in [3.63, 3.8) is 0 Å². The zero-order valence-corrected chi connectivity index (χ0v) is 11.4. The van der Waals surface area contributed by atoms with Gasteiger partial charge in [-0.2, -0.15) is 11.8 Å². The fraction of sp³-hybridized carbons (Fsp3) is 0.818. The lowest BCUT2D eigenvalue weighted by Crippen LogP contribution is -2.56. The van der Waals surface area contributed by atoms with Crippen molar-refractivity contribution in [2.24, 2.45) is 5.73 Å². The number of amides is 1. The number of thioether (sulfide) groups is 1. The van der Waals surface area contributed by atoms with Gasteiger partial charge in [0.25, 0.3) is 0 Å². The van der Waals surface area contributed by atoms with E-state index in [1.54, 1.807) is 0 Å². The summed E-state index contributed by atoms with van der Waals surface area (Å²) >= 11 is 6.66. The molecule has 3 N–H and O–H groups in total. The predicted octanol–water partition coefficient (Wildman–Crippen LogP) is 1.84. The Hall–Kier alpha value is -0.290. The molecule has 0 bridgehead atoms. The van der Waals surface area contributed by atoms with Gasteiger partial charge in [-0.15, -0.1) is 0 Å². The Labute approximate surface area is 107 Å². The van der Waals surface area contributed by atoms with Crippen LogP contribution < -0.4 is 11.1 Å². The van der Waals surface area contributed by atoms with E-state index < -0.39 is 5.54 Å². The molecule has 5 heteroatoms. The van der Waals surface area contributed by atoms with Gasteiger partial charge in [-0.05, 0) is 19.1 Å². The van der Waals surface area contributed by atoms with Crippen LogP contribution in [-0.2, 0) is 4.79 Å². The van der Waals surface area contributed by atoms with Crippen molar-refractivity contribution in [2.45, 2.75) is 44.1 Å². The summed E-state index contributed by atoms with van der Waals surface area (Å²) < 4.78 is 0. The second kappa shape index (κ2) is 6.45. The van der Waals surface area contributed by atoms with E-state index in [1.165, 1.54) is 24.6 Å². The average molecular weight is 260 g/mol. The smallest absolute Gasteiger partial charge is 0.230 e. The lowest BCUT2D eigenvalue weighted by atomic mass is 9.90. The summed E-state index contributed by atoms with van der Waals surface area (Å²) in [6.07, 6.45) is 8.31. The molecule has 0 atom stereocenters. The van der Waals surface area contributed by atoms with Crippen LogP contribution in [0.3, 0.4) is 0 Å². The van der Waals surface area contributed by atoms with Crippen LogP contribution in [0.1, 0.15) is 38.5 Å². The number of carbonyl (C=O) groups excluding carboxylic acids is 1. The molecule has 1 fully saturated rings. The van der Waals surface area contributed by atoms with Crippen LogP contribution in [0.4, 0.5) is 0 Å². The highest BCUT2D eigenvalue weighted by Gasteiger charge is 2.35. The van der Waals surface area contributed by atoms with Crippen molar-refractivity contribution in [1.82, 2.24) is 5.32 Å². The Balaban J connectivity index is 2.70. The van der Waals surface area contributed by atoms with Crippen molar-refractivity contribution >= 4 is 34.9 Å². The molecule has 1 amide bonds. The number of hydrogen-bond donors (Lipinski definition) is 2. The van der Waals surface area contributed by atoms with Gasteiger partial charge in [0.05, 0.1) is 16.3 Å². The molecule has 3 nitrogen and oxygen atoms in total. The molecule has 1 aliphatic carbocycles. The SMILES string of the molecule is CSCC(=O)NC1(C(N)=S)CCCCCC1. The van der Waals surface area contributed by atoms with Gasteiger partial charge in [0.15, 0.2) is 0 Å². The van der Waals surface area contributed by atoms with Gasteiger partial charge in [0.2, 0.25) is 5.91 Å². The van der Waals surface area contributed by atoms with Crippen LogP contribution in [0.2, 0.25) is 0 Å². The summed E-state index contributed by atoms with van der Waals surface area (Å²) in [6, 6.07) is 0. The Morgan fingerprint density at radius 1 is 1.38 bits per heavy atom. The first-order chi connectivity index (χ1) is 7.60. The fourth-order valence-electron chi connectivity index (χ4n) is 2.20. The zero-order valence-electron chi connectivity index (χ0n) is 9.75. The molecule has 0 saturated heterocycles. The van der Waals surface area contributed by atoms with E-state index in [9.17, 15) is 4.79 Å². The third kappa shape index (κ3) is 3.63. The van der Waals surface area contributed by atoms with E-state index in [2.05, 4.69) is 5.32 Å². The summed E-state index contributed by atoms with van der Waals surface area (Å²) in [5, 5.41) is 3.05. The van der Waals surface area contributed by atoms with Crippen LogP contribution >= 0.6 is 24.0 Å². The van der Waals surface area contributed by atoms with E-state index in [1.807, 2.05) is 6.26 Å². The molecule has 1 rings (SSSR count). The molecule has 16 heavy (non-hydrogen) atoms. The van der Waals surface area contributed by atoms with E-state index in [0.717, 1.165) is 25.7 Å². The summed E-state index contributed by atoms with van der Waals surface area (Å²) in [7, 11) is 0. The standard InChI is InChI=1S/C11H20N2OS2/c1-16-8-9(14)13-11(10(12)15)6-4-2-3-5-7-11/h2-8H2,1H3,(H2,12,15)(H,13,14). The first-order valence-electron chi connectivity index (χ1n) is 5.70. The topological polar surface area (TPSA) is 55.1 Å². The third-order valence-corrected chi connectivity index (χ3v) is 4.02. The first kappa shape index (κ1) is 13.8. The van der Waals surface area contributed by atoms with Crippen molar-refractivity contribution in [3.8, 4) is 0 Å². The number of carbonyl (C=O) groups is 1. The van der Waals surface area contributed by atoms with Crippen LogP contribution in [0.15, 0.2) is 0 Å². The molecule has 0 aromatic heterocycles. The van der Waals surface area contributed by atoms with Crippen molar-refractivity contribution in [2.75, 3.05) is 12.0 Å². The monoisotopic (exact) mass is 260 g/mol. The minimum absolute atomic E-state index is 0.0437. The molecule has 0 spiro atoms. The predicted molar refractivity (Wildman–Crippen MR) is 73.7 cm³/mol. The van der Waals surface area contributed by atoms with E-state index in [4.69, 9.17) is 18.0 Å². The molecule has 0 aromatic carbocycles. The van der Waals surface area contributed by atoms with E-state index in [0.29, 0.717) is 10.7 Å². The minimum Gasteiger partial charge on any atom is -0.391 e. The molecule has 1 saturated carbocycles. The lowest BCUT2D eigenvalue weighted by Gasteiger charge is -2.32. The van der Waals surface area contributed by atoms with Crippen molar-refractivity contribution in [1.29, 1.82) is 0 Å². The summed E-state index contributed by atoms with van der Waals surface area (Å²) in [5.74, 6) is 0.520. The molecule has 0 unspecified atom stereocenters. The summed E-state index contributed by atoms with van der Waals surface area (Å²) in [4.78, 5) is 12.1. The second-order valence-electron chi connectivity index (χ2n) is 4.34. The third-order valence-electron chi connectivity index (χ3n) is 3.08. The minimum atomic E-state index is -0.418. The van der Waals surface area contributed by atoms with Crippen molar-refractivity contribution in [3.05, 3.63) is 0 Å². The zero-order chi connectivity index (χ0) is 12.0. The highest BCUT2D eigenvalue weighted by atomic mass is 32.2. The largest absolute Gasteiger partial charge is 0.391 e. The number of rotatable bonds is 4. The Morgan fingerprint density at radius 3 is 2.38 bits per heavy atom. The maximum absolute atomic E-state index is 11.7. The number of nitrogens with two attached hydrogens (primary N) is 1. The van der Waals surface area contributed by atoms with Crippen LogP contribution in [0.25, 0.3) is 0 Å². The molecule has 0 aromatic rings. The molecule has 92 valence electrons. The van der Waals surface area contributed by atoms with Gasteiger partial charge >= 0.3 is 0 Å². The molecule has 1 aliphatic rings. The van der Waals surface area contributed by atoms with Gasteiger partial charge in [0.1, 0.15) is 0 Å². The molecular formula is C11H20N2OS2. The number of thiocarbonyl (C=S) groups is 1. The number of hydrogen-bond acceptors (Lipinski definition) is 3.